The van der Waals surface area contributed by atoms with E-state index < -0.39 is 6.11 Å². The van der Waals surface area contributed by atoms with Gasteiger partial charge in [0.15, 0.2) is 0 Å². The van der Waals surface area contributed by atoms with Crippen LogP contribution in [-0.2, 0) is 4.74 Å². The molecule has 0 rings (SSSR count). The Hall–Kier alpha value is -0.860. The molecule has 0 N–H and O–H groups in total. The molecule has 58 valence electrons. The molecule has 0 aromatic heterocycles. The number of alkyl halides is 2. The Morgan fingerprint density at radius 1 is 1.60 bits per heavy atom. The Morgan fingerprint density at radius 3 is 2.40 bits per heavy atom. The van der Waals surface area contributed by atoms with Gasteiger partial charge in [0.25, 0.3) is 0 Å². The van der Waals surface area contributed by atoms with Gasteiger partial charge in [-0.3, -0.25) is 0 Å². The van der Waals surface area contributed by atoms with Crippen molar-refractivity contribution < 1.29 is 13.5 Å². The van der Waals surface area contributed by atoms with E-state index in [2.05, 4.69) is 11.3 Å². The van der Waals surface area contributed by atoms with E-state index in [-0.39, 0.29) is 5.76 Å². The predicted octanol–water partition coefficient (Wildman–Crippen LogP) is 2.71. The first kappa shape index (κ1) is 9.14. The highest BCUT2D eigenvalue weighted by molar-refractivity contribution is 5.05. The summed E-state index contributed by atoms with van der Waals surface area (Å²) in [5.74, 6) is -0.0324. The lowest BCUT2D eigenvalue weighted by atomic mass is 10.5. The number of rotatable bonds is 3. The summed E-state index contributed by atoms with van der Waals surface area (Å²) < 4.78 is 28.0. The summed E-state index contributed by atoms with van der Waals surface area (Å²) in [6, 6.07) is 0. The number of hydrogen-bond acceptors (Lipinski definition) is 1. The lowest BCUT2D eigenvalue weighted by molar-refractivity contribution is -0.194. The van der Waals surface area contributed by atoms with Gasteiger partial charge < -0.3 is 4.74 Å². The zero-order valence-corrected chi connectivity index (χ0v) is 6.03. The zero-order valence-electron chi connectivity index (χ0n) is 6.03. The predicted molar refractivity (Wildman–Crippen MR) is 35.7 cm³/mol. The Bertz CT molecular complexity index is 144. The van der Waals surface area contributed by atoms with Gasteiger partial charge in [-0.1, -0.05) is 12.7 Å². The van der Waals surface area contributed by atoms with Crippen LogP contribution in [0.4, 0.5) is 8.78 Å². The average molecular weight is 148 g/mol. The third kappa shape index (κ3) is 5.28. The van der Waals surface area contributed by atoms with Gasteiger partial charge in [0.2, 0.25) is 0 Å². The molecule has 0 bridgehead atoms. The SMILES string of the molecule is C=C(C=CC)OC(C)(F)F. The quantitative estimate of drug-likeness (QED) is 0.441. The lowest BCUT2D eigenvalue weighted by Crippen LogP contribution is -2.13. The van der Waals surface area contributed by atoms with E-state index in [0.717, 1.165) is 0 Å². The van der Waals surface area contributed by atoms with Crippen LogP contribution >= 0.6 is 0 Å². The maximum absolute atomic E-state index is 12.0. The maximum atomic E-state index is 12.0. The molecule has 0 saturated heterocycles. The molecule has 0 atom stereocenters. The first-order valence-electron chi connectivity index (χ1n) is 2.84. The summed E-state index contributed by atoms with van der Waals surface area (Å²) in [7, 11) is 0. The first-order valence-corrected chi connectivity index (χ1v) is 2.84. The van der Waals surface area contributed by atoms with Gasteiger partial charge >= 0.3 is 6.11 Å². The van der Waals surface area contributed by atoms with Gasteiger partial charge in [-0.25, -0.2) is 0 Å². The molecular weight excluding hydrogens is 138 g/mol. The first-order chi connectivity index (χ1) is 4.45. The van der Waals surface area contributed by atoms with Crippen molar-refractivity contribution in [1.82, 2.24) is 0 Å². The van der Waals surface area contributed by atoms with Crippen molar-refractivity contribution in [3.63, 3.8) is 0 Å². The number of allylic oxidation sites excluding steroid dienone is 2. The molecule has 0 fully saturated rings. The molecule has 0 unspecified atom stereocenters. The fourth-order valence-electron chi connectivity index (χ4n) is 0.450. The van der Waals surface area contributed by atoms with Crippen LogP contribution < -0.4 is 0 Å². The third-order valence-electron chi connectivity index (χ3n) is 0.663. The summed E-state index contributed by atoms with van der Waals surface area (Å²) >= 11 is 0. The van der Waals surface area contributed by atoms with Gasteiger partial charge in [-0.15, -0.1) is 0 Å². The molecule has 0 amide bonds. The molecule has 0 radical (unpaired) electrons. The molecule has 3 heteroatoms. The molecule has 0 aromatic carbocycles. The molecule has 0 aromatic rings. The van der Waals surface area contributed by atoms with E-state index in [1.165, 1.54) is 6.08 Å². The largest absolute Gasteiger partial charge is 0.433 e. The maximum Gasteiger partial charge on any atom is 0.394 e. The monoisotopic (exact) mass is 148 g/mol. The minimum atomic E-state index is -3.13. The van der Waals surface area contributed by atoms with Crippen LogP contribution in [0.2, 0.25) is 0 Å². The average Bonchev–Trinajstić information content (AvgIpc) is 1.59. The molecule has 1 nitrogen and oxygen atoms in total. The fraction of sp³-hybridized carbons (Fsp3) is 0.429. The molecule has 0 aliphatic carbocycles. The van der Waals surface area contributed by atoms with E-state index in [0.29, 0.717) is 6.92 Å². The Kier molecular flexibility index (Phi) is 3.06. The number of halogens is 2. The highest BCUT2D eigenvalue weighted by Crippen LogP contribution is 2.17. The van der Waals surface area contributed by atoms with Crippen LogP contribution in [0.25, 0.3) is 0 Å². The van der Waals surface area contributed by atoms with Crippen LogP contribution in [0.3, 0.4) is 0 Å². The number of hydrogen-bond donors (Lipinski definition) is 0. The Labute approximate surface area is 59.0 Å². The van der Waals surface area contributed by atoms with Crippen molar-refractivity contribution in [2.75, 3.05) is 0 Å². The normalized spacial score (nSPS) is 12.0. The lowest BCUT2D eigenvalue weighted by Gasteiger charge is -2.11. The van der Waals surface area contributed by atoms with Crippen LogP contribution in [0, 0.1) is 0 Å². The van der Waals surface area contributed by atoms with Gasteiger partial charge in [-0.2, -0.15) is 8.78 Å². The number of ether oxygens (including phenoxy) is 1. The van der Waals surface area contributed by atoms with Crippen molar-refractivity contribution in [2.24, 2.45) is 0 Å². The van der Waals surface area contributed by atoms with E-state index >= 15 is 0 Å². The Balaban J connectivity index is 3.81. The summed E-state index contributed by atoms with van der Waals surface area (Å²) in [5.41, 5.74) is 0. The van der Waals surface area contributed by atoms with E-state index in [9.17, 15) is 8.78 Å². The van der Waals surface area contributed by atoms with Gasteiger partial charge in [0.1, 0.15) is 5.76 Å². The molecule has 0 heterocycles. The molecule has 0 spiro atoms. The van der Waals surface area contributed by atoms with Gasteiger partial charge in [0, 0.05) is 6.92 Å². The van der Waals surface area contributed by atoms with Crippen LogP contribution in [0.5, 0.6) is 0 Å². The molecular formula is C7H10F2O. The van der Waals surface area contributed by atoms with Crippen LogP contribution in [0.1, 0.15) is 13.8 Å². The summed E-state index contributed by atoms with van der Waals surface area (Å²) in [6.45, 7) is 5.61. The molecule has 10 heavy (non-hydrogen) atoms. The summed E-state index contributed by atoms with van der Waals surface area (Å²) in [6.07, 6.45) is -0.178. The highest BCUT2D eigenvalue weighted by Gasteiger charge is 2.22. The van der Waals surface area contributed by atoms with Crippen molar-refractivity contribution in [3.8, 4) is 0 Å². The fourth-order valence-corrected chi connectivity index (χ4v) is 0.450. The molecule has 0 aliphatic rings. The smallest absolute Gasteiger partial charge is 0.394 e. The minimum absolute atomic E-state index is 0.0324. The zero-order chi connectivity index (χ0) is 8.20. The van der Waals surface area contributed by atoms with Gasteiger partial charge in [-0.05, 0) is 13.0 Å². The van der Waals surface area contributed by atoms with Gasteiger partial charge in [0.05, 0.1) is 0 Å². The van der Waals surface area contributed by atoms with Crippen LogP contribution in [0.15, 0.2) is 24.5 Å². The van der Waals surface area contributed by atoms with E-state index in [4.69, 9.17) is 0 Å². The Morgan fingerprint density at radius 2 is 2.10 bits per heavy atom. The summed E-state index contributed by atoms with van der Waals surface area (Å²) in [5, 5.41) is 0. The highest BCUT2D eigenvalue weighted by atomic mass is 19.3. The summed E-state index contributed by atoms with van der Waals surface area (Å²) in [4.78, 5) is 0. The minimum Gasteiger partial charge on any atom is -0.433 e. The second-order valence-electron chi connectivity index (χ2n) is 1.88. The van der Waals surface area contributed by atoms with Crippen molar-refractivity contribution in [3.05, 3.63) is 24.5 Å². The third-order valence-corrected chi connectivity index (χ3v) is 0.663. The van der Waals surface area contributed by atoms with E-state index in [1.807, 2.05) is 0 Å². The molecule has 0 aliphatic heterocycles. The van der Waals surface area contributed by atoms with Crippen molar-refractivity contribution in [2.45, 2.75) is 20.0 Å². The molecule has 0 saturated carbocycles. The standard InChI is InChI=1S/C7H10F2O/c1-4-5-6(2)10-7(3,8)9/h4-5H,2H2,1,3H3. The second-order valence-corrected chi connectivity index (χ2v) is 1.88. The second kappa shape index (κ2) is 3.34. The topological polar surface area (TPSA) is 9.23 Å². The van der Waals surface area contributed by atoms with E-state index in [1.54, 1.807) is 13.0 Å². The van der Waals surface area contributed by atoms with Crippen molar-refractivity contribution >= 4 is 0 Å². The van der Waals surface area contributed by atoms with Crippen molar-refractivity contribution in [1.29, 1.82) is 0 Å². The van der Waals surface area contributed by atoms with Crippen LogP contribution in [-0.4, -0.2) is 6.11 Å².